The van der Waals surface area contributed by atoms with E-state index >= 15 is 0 Å². The van der Waals surface area contributed by atoms with Crippen LogP contribution in [0.2, 0.25) is 0 Å². The van der Waals surface area contributed by atoms with Crippen LogP contribution in [0.1, 0.15) is 25.3 Å². The van der Waals surface area contributed by atoms with E-state index in [2.05, 4.69) is 34.2 Å². The molecule has 0 aliphatic carbocycles. The lowest BCUT2D eigenvalue weighted by Gasteiger charge is -2.36. The molecular weight excluding hydrogens is 471 g/mol. The second-order valence-corrected chi connectivity index (χ2v) is 7.28. The predicted molar refractivity (Wildman–Crippen MR) is 120 cm³/mol. The Morgan fingerprint density at radius 2 is 2.00 bits per heavy atom. The largest absolute Gasteiger partial charge is 0.454 e. The molecule has 2 saturated heterocycles. The second-order valence-electron chi connectivity index (χ2n) is 7.28. The Kier molecular flexibility index (Phi) is 8.04. The van der Waals surface area contributed by atoms with Crippen molar-refractivity contribution >= 4 is 29.9 Å². The van der Waals surface area contributed by atoms with Crippen LogP contribution >= 0.6 is 24.0 Å². The molecule has 7 nitrogen and oxygen atoms in total. The lowest BCUT2D eigenvalue weighted by molar-refractivity contribution is 0.117. The Morgan fingerprint density at radius 1 is 1.18 bits per heavy atom. The molecule has 28 heavy (non-hydrogen) atoms. The molecule has 3 aliphatic rings. The van der Waals surface area contributed by atoms with Crippen molar-refractivity contribution in [1.29, 1.82) is 0 Å². The average molecular weight is 502 g/mol. The number of fused-ring (bicyclic) bond motifs is 1. The average Bonchev–Trinajstić information content (AvgIpc) is 3.37. The van der Waals surface area contributed by atoms with E-state index in [1.54, 1.807) is 0 Å². The highest BCUT2D eigenvalue weighted by molar-refractivity contribution is 14.0. The van der Waals surface area contributed by atoms with Gasteiger partial charge in [0.2, 0.25) is 6.79 Å². The quantitative estimate of drug-likeness (QED) is 0.379. The van der Waals surface area contributed by atoms with Crippen LogP contribution in [0.15, 0.2) is 23.2 Å². The van der Waals surface area contributed by atoms with Crippen molar-refractivity contribution in [2.75, 3.05) is 52.7 Å². The molecule has 0 saturated carbocycles. The van der Waals surface area contributed by atoms with E-state index in [4.69, 9.17) is 19.2 Å². The van der Waals surface area contributed by atoms with E-state index in [9.17, 15) is 0 Å². The van der Waals surface area contributed by atoms with E-state index in [1.165, 1.54) is 5.56 Å². The van der Waals surface area contributed by atoms with Crippen LogP contribution in [0.5, 0.6) is 11.5 Å². The second kappa shape index (κ2) is 10.5. The Balaban J connectivity index is 0.00000225. The fourth-order valence-electron chi connectivity index (χ4n) is 3.82. The van der Waals surface area contributed by atoms with Crippen LogP contribution in [0.25, 0.3) is 0 Å². The number of nitrogens with one attached hydrogen (secondary N) is 1. The van der Waals surface area contributed by atoms with Gasteiger partial charge in [0.25, 0.3) is 0 Å². The minimum absolute atomic E-state index is 0. The van der Waals surface area contributed by atoms with Crippen LogP contribution in [0.3, 0.4) is 0 Å². The SMILES string of the molecule is CCNC(=NCC1CCCO1)N1CCN(Cc2ccc3c(c2)OCO3)CC1.I. The van der Waals surface area contributed by atoms with Gasteiger partial charge in [0.15, 0.2) is 17.5 Å². The molecule has 1 aromatic carbocycles. The van der Waals surface area contributed by atoms with Crippen LogP contribution in [-0.4, -0.2) is 74.5 Å². The minimum atomic E-state index is 0. The van der Waals surface area contributed by atoms with Crippen LogP contribution in [0, 0.1) is 0 Å². The zero-order chi connectivity index (χ0) is 18.5. The highest BCUT2D eigenvalue weighted by Gasteiger charge is 2.22. The minimum Gasteiger partial charge on any atom is -0.454 e. The van der Waals surface area contributed by atoms with Crippen molar-refractivity contribution in [2.24, 2.45) is 4.99 Å². The summed E-state index contributed by atoms with van der Waals surface area (Å²) in [6.07, 6.45) is 2.59. The smallest absolute Gasteiger partial charge is 0.231 e. The number of benzene rings is 1. The Labute approximate surface area is 184 Å². The molecule has 1 N–H and O–H groups in total. The summed E-state index contributed by atoms with van der Waals surface area (Å²) in [6, 6.07) is 6.24. The number of nitrogens with zero attached hydrogens (tertiary/aromatic N) is 3. The maximum Gasteiger partial charge on any atom is 0.231 e. The zero-order valence-corrected chi connectivity index (χ0v) is 18.9. The van der Waals surface area contributed by atoms with Gasteiger partial charge in [0.05, 0.1) is 12.6 Å². The molecule has 1 unspecified atom stereocenters. The van der Waals surface area contributed by atoms with Crippen molar-refractivity contribution in [1.82, 2.24) is 15.1 Å². The summed E-state index contributed by atoms with van der Waals surface area (Å²) in [5, 5.41) is 3.44. The molecule has 8 heteroatoms. The number of ether oxygens (including phenoxy) is 3. The summed E-state index contributed by atoms with van der Waals surface area (Å²) in [5.74, 6) is 2.74. The van der Waals surface area contributed by atoms with Crippen molar-refractivity contribution in [2.45, 2.75) is 32.4 Å². The van der Waals surface area contributed by atoms with E-state index in [0.29, 0.717) is 12.9 Å². The third-order valence-corrected chi connectivity index (χ3v) is 5.32. The number of rotatable bonds is 5. The molecular formula is C20H31IN4O3. The molecule has 0 aromatic heterocycles. The van der Waals surface area contributed by atoms with Crippen molar-refractivity contribution in [3.05, 3.63) is 23.8 Å². The first-order chi connectivity index (χ1) is 13.3. The number of hydrogen-bond acceptors (Lipinski definition) is 5. The van der Waals surface area contributed by atoms with Gasteiger partial charge in [0, 0.05) is 45.9 Å². The Hall–Kier alpha value is -1.26. The van der Waals surface area contributed by atoms with E-state index in [-0.39, 0.29) is 24.0 Å². The number of halogens is 1. The van der Waals surface area contributed by atoms with Gasteiger partial charge in [-0.2, -0.15) is 0 Å². The molecule has 156 valence electrons. The van der Waals surface area contributed by atoms with Crippen LogP contribution < -0.4 is 14.8 Å². The van der Waals surface area contributed by atoms with Gasteiger partial charge in [-0.15, -0.1) is 24.0 Å². The molecule has 0 spiro atoms. The lowest BCUT2D eigenvalue weighted by atomic mass is 10.1. The van der Waals surface area contributed by atoms with Crippen LogP contribution in [0.4, 0.5) is 0 Å². The molecule has 3 aliphatic heterocycles. The molecule has 0 radical (unpaired) electrons. The summed E-state index contributed by atoms with van der Waals surface area (Å²) < 4.78 is 16.6. The summed E-state index contributed by atoms with van der Waals surface area (Å²) in [6.45, 7) is 9.96. The number of piperazine rings is 1. The molecule has 1 atom stereocenters. The van der Waals surface area contributed by atoms with Crippen molar-refractivity contribution in [3.8, 4) is 11.5 Å². The number of hydrogen-bond donors (Lipinski definition) is 1. The molecule has 1 aromatic rings. The molecule has 2 fully saturated rings. The molecule has 4 rings (SSSR count). The highest BCUT2D eigenvalue weighted by Crippen LogP contribution is 2.32. The third-order valence-electron chi connectivity index (χ3n) is 5.32. The Morgan fingerprint density at radius 3 is 2.75 bits per heavy atom. The third kappa shape index (κ3) is 5.42. The van der Waals surface area contributed by atoms with Gasteiger partial charge in [-0.05, 0) is 37.5 Å². The van der Waals surface area contributed by atoms with E-state index < -0.39 is 0 Å². The summed E-state index contributed by atoms with van der Waals surface area (Å²) in [5.41, 5.74) is 1.27. The van der Waals surface area contributed by atoms with Gasteiger partial charge in [0.1, 0.15) is 0 Å². The van der Waals surface area contributed by atoms with Gasteiger partial charge in [-0.3, -0.25) is 9.89 Å². The van der Waals surface area contributed by atoms with Gasteiger partial charge < -0.3 is 24.4 Å². The standard InChI is InChI=1S/C20H30N4O3.HI/c1-2-21-20(22-13-17-4-3-11-25-17)24-9-7-23(8-10-24)14-16-5-6-18-19(12-16)27-15-26-18;/h5-6,12,17H,2-4,7-11,13-15H2,1H3,(H,21,22);1H. The van der Waals surface area contributed by atoms with Crippen molar-refractivity contribution < 1.29 is 14.2 Å². The lowest BCUT2D eigenvalue weighted by Crippen LogP contribution is -2.52. The first-order valence-corrected chi connectivity index (χ1v) is 10.1. The summed E-state index contributed by atoms with van der Waals surface area (Å²) in [7, 11) is 0. The Bertz CT molecular complexity index is 659. The van der Waals surface area contributed by atoms with Gasteiger partial charge in [-0.1, -0.05) is 6.07 Å². The highest BCUT2D eigenvalue weighted by atomic mass is 127. The summed E-state index contributed by atoms with van der Waals surface area (Å²) in [4.78, 5) is 9.68. The number of aliphatic imine (C=N–C) groups is 1. The maximum atomic E-state index is 5.70. The maximum absolute atomic E-state index is 5.70. The van der Waals surface area contributed by atoms with Crippen molar-refractivity contribution in [3.63, 3.8) is 0 Å². The summed E-state index contributed by atoms with van der Waals surface area (Å²) >= 11 is 0. The van der Waals surface area contributed by atoms with Crippen LogP contribution in [-0.2, 0) is 11.3 Å². The van der Waals surface area contributed by atoms with E-state index in [1.807, 2.05) is 6.07 Å². The molecule has 0 bridgehead atoms. The zero-order valence-electron chi connectivity index (χ0n) is 16.6. The van der Waals surface area contributed by atoms with E-state index in [0.717, 1.165) is 82.7 Å². The first kappa shape index (κ1) is 21.4. The fraction of sp³-hybridized carbons (Fsp3) is 0.650. The topological polar surface area (TPSA) is 58.6 Å². The molecule has 0 amide bonds. The normalized spacial score (nSPS) is 22.2. The predicted octanol–water partition coefficient (Wildman–Crippen LogP) is 2.30. The monoisotopic (exact) mass is 502 g/mol. The van der Waals surface area contributed by atoms with Gasteiger partial charge in [-0.25, -0.2) is 0 Å². The fourth-order valence-corrected chi connectivity index (χ4v) is 3.82. The first-order valence-electron chi connectivity index (χ1n) is 10.1. The molecule has 3 heterocycles. The number of guanidine groups is 1. The van der Waals surface area contributed by atoms with Gasteiger partial charge >= 0.3 is 0 Å².